The molecule has 0 unspecified atom stereocenters. The normalized spacial score (nSPS) is 28.0. The van der Waals surface area contributed by atoms with E-state index in [1.165, 1.54) is 30.5 Å². The van der Waals surface area contributed by atoms with E-state index in [1.54, 1.807) is 0 Å². The average molecular weight is 314 g/mol. The molecule has 0 saturated carbocycles. The van der Waals surface area contributed by atoms with Crippen molar-refractivity contribution in [2.45, 2.75) is 31.3 Å². The lowest BCUT2D eigenvalue weighted by atomic mass is 10.0. The molecule has 0 spiro atoms. The molecule has 2 atom stereocenters. The summed E-state index contributed by atoms with van der Waals surface area (Å²) in [6.45, 7) is 5.40. The van der Waals surface area contributed by atoms with Crippen LogP contribution >= 0.6 is 0 Å². The van der Waals surface area contributed by atoms with Crippen LogP contribution in [0.3, 0.4) is 0 Å². The third-order valence-corrected chi connectivity index (χ3v) is 5.47. The highest BCUT2D eigenvalue weighted by Gasteiger charge is 2.36. The molecule has 1 N–H and O–H groups in total. The molecular formula is C19H26N2O2. The smallest absolute Gasteiger partial charge is 0.127 e. The van der Waals surface area contributed by atoms with E-state index in [2.05, 4.69) is 28.0 Å². The summed E-state index contributed by atoms with van der Waals surface area (Å²) in [5.41, 5.74) is 2.53. The molecule has 124 valence electrons. The summed E-state index contributed by atoms with van der Waals surface area (Å²) in [5.74, 6) is 0.990. The number of piperazine rings is 1. The molecule has 3 aliphatic heterocycles. The summed E-state index contributed by atoms with van der Waals surface area (Å²) < 4.78 is 5.90. The Kier molecular flexibility index (Phi) is 4.38. The van der Waals surface area contributed by atoms with Crippen molar-refractivity contribution >= 4 is 6.08 Å². The van der Waals surface area contributed by atoms with E-state index in [4.69, 9.17) is 4.74 Å². The molecule has 0 bridgehead atoms. The zero-order valence-electron chi connectivity index (χ0n) is 13.7. The second kappa shape index (κ2) is 6.63. The molecule has 3 aliphatic rings. The van der Waals surface area contributed by atoms with Crippen LogP contribution < -0.4 is 4.74 Å². The number of aliphatic hydroxyl groups is 1. The number of nitrogens with zero attached hydrogens (tertiary/aromatic N) is 2. The summed E-state index contributed by atoms with van der Waals surface area (Å²) in [6.07, 6.45) is 5.80. The van der Waals surface area contributed by atoms with Crippen LogP contribution in [-0.4, -0.2) is 66.4 Å². The Bertz CT molecular complexity index is 586. The molecule has 4 heteroatoms. The Morgan fingerprint density at radius 1 is 1.22 bits per heavy atom. The first-order chi connectivity index (χ1) is 11.3. The SMILES string of the molecule is OCC[C@H]1CN2CCC[C@H]2CN1CC1=Cc2ccccc2OC1. The number of benzene rings is 1. The van der Waals surface area contributed by atoms with Crippen LogP contribution in [0.25, 0.3) is 6.08 Å². The lowest BCUT2D eigenvalue weighted by Crippen LogP contribution is -2.56. The molecule has 2 saturated heterocycles. The molecule has 4 nitrogen and oxygen atoms in total. The molecular weight excluding hydrogens is 288 g/mol. The van der Waals surface area contributed by atoms with Gasteiger partial charge in [0, 0.05) is 43.9 Å². The van der Waals surface area contributed by atoms with E-state index < -0.39 is 0 Å². The summed E-state index contributed by atoms with van der Waals surface area (Å²) in [7, 11) is 0. The van der Waals surface area contributed by atoms with Gasteiger partial charge >= 0.3 is 0 Å². The quantitative estimate of drug-likeness (QED) is 0.922. The number of hydrogen-bond donors (Lipinski definition) is 1. The van der Waals surface area contributed by atoms with Gasteiger partial charge in [0.2, 0.25) is 0 Å². The summed E-state index contributed by atoms with van der Waals surface area (Å²) in [6, 6.07) is 9.42. The Labute approximate surface area is 138 Å². The van der Waals surface area contributed by atoms with Crippen LogP contribution in [0.4, 0.5) is 0 Å². The topological polar surface area (TPSA) is 35.9 Å². The molecule has 0 amide bonds. The van der Waals surface area contributed by atoms with Crippen molar-refractivity contribution in [2.75, 3.05) is 39.4 Å². The van der Waals surface area contributed by atoms with E-state index in [1.807, 2.05) is 12.1 Å². The summed E-state index contributed by atoms with van der Waals surface area (Å²) in [4.78, 5) is 5.20. The van der Waals surface area contributed by atoms with Crippen LogP contribution in [0.5, 0.6) is 5.75 Å². The van der Waals surface area contributed by atoms with E-state index in [0.717, 1.165) is 31.8 Å². The van der Waals surface area contributed by atoms with Gasteiger partial charge in [-0.05, 0) is 43.5 Å². The largest absolute Gasteiger partial charge is 0.489 e. The molecule has 0 radical (unpaired) electrons. The minimum atomic E-state index is 0.276. The molecule has 0 aliphatic carbocycles. The lowest BCUT2D eigenvalue weighted by molar-refractivity contribution is 0.0438. The fraction of sp³-hybridized carbons (Fsp3) is 0.579. The highest BCUT2D eigenvalue weighted by Crippen LogP contribution is 2.29. The van der Waals surface area contributed by atoms with Gasteiger partial charge in [-0.1, -0.05) is 18.2 Å². The lowest BCUT2D eigenvalue weighted by Gasteiger charge is -2.44. The van der Waals surface area contributed by atoms with Crippen LogP contribution in [0.2, 0.25) is 0 Å². The minimum Gasteiger partial charge on any atom is -0.489 e. The van der Waals surface area contributed by atoms with E-state index >= 15 is 0 Å². The summed E-state index contributed by atoms with van der Waals surface area (Å²) in [5, 5.41) is 9.43. The van der Waals surface area contributed by atoms with Crippen molar-refractivity contribution in [3.05, 3.63) is 35.4 Å². The van der Waals surface area contributed by atoms with Gasteiger partial charge in [-0.3, -0.25) is 9.80 Å². The zero-order valence-corrected chi connectivity index (χ0v) is 13.7. The number of para-hydroxylation sites is 1. The predicted octanol–water partition coefficient (Wildman–Crippen LogP) is 1.99. The maximum atomic E-state index is 9.43. The molecule has 2 fully saturated rings. The maximum Gasteiger partial charge on any atom is 0.127 e. The monoisotopic (exact) mass is 314 g/mol. The molecule has 1 aromatic rings. The third-order valence-electron chi connectivity index (χ3n) is 5.47. The number of fused-ring (bicyclic) bond motifs is 2. The van der Waals surface area contributed by atoms with Crippen LogP contribution in [0.1, 0.15) is 24.8 Å². The van der Waals surface area contributed by atoms with Crippen molar-refractivity contribution in [1.29, 1.82) is 0 Å². The van der Waals surface area contributed by atoms with Crippen LogP contribution in [0.15, 0.2) is 29.8 Å². The first kappa shape index (κ1) is 15.2. The van der Waals surface area contributed by atoms with Gasteiger partial charge in [0.05, 0.1) is 0 Å². The average Bonchev–Trinajstić information content (AvgIpc) is 3.02. The molecule has 4 rings (SSSR count). The van der Waals surface area contributed by atoms with E-state index in [0.29, 0.717) is 18.7 Å². The fourth-order valence-corrected chi connectivity index (χ4v) is 4.28. The Morgan fingerprint density at radius 3 is 3.04 bits per heavy atom. The fourth-order valence-electron chi connectivity index (χ4n) is 4.28. The molecule has 0 aromatic heterocycles. The second-order valence-corrected chi connectivity index (χ2v) is 7.02. The van der Waals surface area contributed by atoms with Gasteiger partial charge < -0.3 is 9.84 Å². The number of aliphatic hydroxyl groups excluding tert-OH is 1. The van der Waals surface area contributed by atoms with E-state index in [-0.39, 0.29) is 6.61 Å². The first-order valence-corrected chi connectivity index (χ1v) is 8.84. The predicted molar refractivity (Wildman–Crippen MR) is 91.6 cm³/mol. The van der Waals surface area contributed by atoms with Gasteiger partial charge in [-0.25, -0.2) is 0 Å². The molecule has 1 aromatic carbocycles. The zero-order chi connectivity index (χ0) is 15.6. The molecule has 3 heterocycles. The number of ether oxygens (including phenoxy) is 1. The second-order valence-electron chi connectivity index (χ2n) is 7.02. The van der Waals surface area contributed by atoms with Gasteiger partial charge in [0.1, 0.15) is 12.4 Å². The van der Waals surface area contributed by atoms with Gasteiger partial charge in [-0.15, -0.1) is 0 Å². The Morgan fingerprint density at radius 2 is 2.13 bits per heavy atom. The van der Waals surface area contributed by atoms with Gasteiger partial charge in [-0.2, -0.15) is 0 Å². The Balaban J connectivity index is 1.49. The Hall–Kier alpha value is -1.36. The standard InChI is InChI=1S/C19H26N2O2/c22-9-7-18-12-20-8-3-5-17(20)13-21(18)11-15-10-16-4-1-2-6-19(16)23-14-15/h1-2,4,6,10,17-18,22H,3,5,7-9,11-14H2/t17-,18-/m0/s1. The maximum absolute atomic E-state index is 9.43. The van der Waals surface area contributed by atoms with Crippen LogP contribution in [0, 0.1) is 0 Å². The van der Waals surface area contributed by atoms with Crippen molar-refractivity contribution in [3.63, 3.8) is 0 Å². The number of rotatable bonds is 4. The third kappa shape index (κ3) is 3.16. The molecule has 23 heavy (non-hydrogen) atoms. The van der Waals surface area contributed by atoms with Crippen molar-refractivity contribution in [1.82, 2.24) is 9.80 Å². The summed E-state index contributed by atoms with van der Waals surface area (Å²) >= 11 is 0. The highest BCUT2D eigenvalue weighted by atomic mass is 16.5. The highest BCUT2D eigenvalue weighted by molar-refractivity contribution is 5.62. The van der Waals surface area contributed by atoms with Crippen LogP contribution in [-0.2, 0) is 0 Å². The van der Waals surface area contributed by atoms with Crippen molar-refractivity contribution < 1.29 is 9.84 Å². The van der Waals surface area contributed by atoms with Gasteiger partial charge in [0.15, 0.2) is 0 Å². The minimum absolute atomic E-state index is 0.276. The van der Waals surface area contributed by atoms with E-state index in [9.17, 15) is 5.11 Å². The van der Waals surface area contributed by atoms with Gasteiger partial charge in [0.25, 0.3) is 0 Å². The van der Waals surface area contributed by atoms with Crippen molar-refractivity contribution in [3.8, 4) is 5.75 Å². The number of hydrogen-bond acceptors (Lipinski definition) is 4. The van der Waals surface area contributed by atoms with Crippen molar-refractivity contribution in [2.24, 2.45) is 0 Å². The first-order valence-electron chi connectivity index (χ1n) is 8.84.